The molecule has 0 fully saturated rings. The van der Waals surface area contributed by atoms with Gasteiger partial charge in [0.2, 0.25) is 0 Å². The third-order valence-corrected chi connectivity index (χ3v) is 2.22. The number of aromatic amines is 1. The number of hydrogen-bond acceptors (Lipinski definition) is 4. The van der Waals surface area contributed by atoms with Crippen molar-refractivity contribution in [1.82, 2.24) is 20.7 Å². The molecule has 3 N–H and O–H groups in total. The van der Waals surface area contributed by atoms with E-state index >= 15 is 0 Å². The summed E-state index contributed by atoms with van der Waals surface area (Å²) in [6, 6.07) is 0. The molecular weight excluding hydrogens is 200 g/mol. The van der Waals surface area contributed by atoms with Gasteiger partial charge in [-0.3, -0.25) is 4.79 Å². The maximum atomic E-state index is 11.5. The van der Waals surface area contributed by atoms with Crippen LogP contribution in [0.25, 0.3) is 0 Å². The number of aliphatic carboxylic acids is 1. The fourth-order valence-electron chi connectivity index (χ4n) is 0.919. The molecule has 0 aliphatic heterocycles. The zero-order valence-corrected chi connectivity index (χ0v) is 8.44. The van der Waals surface area contributed by atoms with Gasteiger partial charge in [-0.05, 0) is 13.3 Å². The highest BCUT2D eigenvalue weighted by molar-refractivity contribution is 5.95. The largest absolute Gasteiger partial charge is 0.480 e. The number of H-pyrrole nitrogens is 1. The topological polar surface area (TPSA) is 108 Å². The van der Waals surface area contributed by atoms with Crippen LogP contribution in [-0.4, -0.2) is 37.9 Å². The predicted octanol–water partition coefficient (Wildman–Crippen LogP) is -0.212. The van der Waals surface area contributed by atoms with E-state index in [0.29, 0.717) is 0 Å². The third kappa shape index (κ3) is 2.30. The van der Waals surface area contributed by atoms with Crippen molar-refractivity contribution < 1.29 is 14.7 Å². The zero-order valence-electron chi connectivity index (χ0n) is 8.44. The molecule has 1 unspecified atom stereocenters. The van der Waals surface area contributed by atoms with Gasteiger partial charge in [-0.15, -0.1) is 0 Å². The number of carbonyl (C=O) groups excluding carboxylic acids is 1. The lowest BCUT2D eigenvalue weighted by Gasteiger charge is -2.23. The SMILES string of the molecule is CCC(C)(NC(=O)c1cn[nH]n1)C(=O)O. The average Bonchev–Trinajstić information content (AvgIpc) is 2.70. The van der Waals surface area contributed by atoms with Crippen molar-refractivity contribution in [3.63, 3.8) is 0 Å². The number of hydrogen-bond donors (Lipinski definition) is 3. The predicted molar refractivity (Wildman–Crippen MR) is 50.2 cm³/mol. The monoisotopic (exact) mass is 212 g/mol. The summed E-state index contributed by atoms with van der Waals surface area (Å²) in [6.45, 7) is 3.12. The molecule has 1 rings (SSSR count). The van der Waals surface area contributed by atoms with E-state index in [1.54, 1.807) is 6.92 Å². The van der Waals surface area contributed by atoms with E-state index in [2.05, 4.69) is 20.7 Å². The second-order valence-electron chi connectivity index (χ2n) is 3.30. The van der Waals surface area contributed by atoms with E-state index in [0.717, 1.165) is 0 Å². The summed E-state index contributed by atoms with van der Waals surface area (Å²) in [5.41, 5.74) is -1.22. The van der Waals surface area contributed by atoms with Gasteiger partial charge < -0.3 is 10.4 Å². The molecule has 0 bridgehead atoms. The van der Waals surface area contributed by atoms with E-state index in [-0.39, 0.29) is 12.1 Å². The lowest BCUT2D eigenvalue weighted by molar-refractivity contribution is -0.143. The number of carboxylic acids is 1. The summed E-state index contributed by atoms with van der Waals surface area (Å²) < 4.78 is 0. The minimum atomic E-state index is -1.28. The van der Waals surface area contributed by atoms with Crippen LogP contribution >= 0.6 is 0 Å². The Hall–Kier alpha value is -1.92. The molecule has 0 spiro atoms. The van der Waals surface area contributed by atoms with E-state index in [9.17, 15) is 9.59 Å². The van der Waals surface area contributed by atoms with Crippen LogP contribution in [-0.2, 0) is 4.79 Å². The molecule has 0 aromatic carbocycles. The molecule has 82 valence electrons. The van der Waals surface area contributed by atoms with E-state index in [1.807, 2.05) is 0 Å². The number of carboxylic acid groups (broad SMARTS) is 1. The van der Waals surface area contributed by atoms with Gasteiger partial charge in [0, 0.05) is 0 Å². The molecule has 1 heterocycles. The summed E-state index contributed by atoms with van der Waals surface area (Å²) in [7, 11) is 0. The summed E-state index contributed by atoms with van der Waals surface area (Å²) in [5.74, 6) is -1.64. The van der Waals surface area contributed by atoms with Gasteiger partial charge >= 0.3 is 5.97 Å². The second kappa shape index (κ2) is 4.07. The first-order valence-electron chi connectivity index (χ1n) is 4.41. The van der Waals surface area contributed by atoms with Crippen molar-refractivity contribution >= 4 is 11.9 Å². The van der Waals surface area contributed by atoms with E-state index in [4.69, 9.17) is 5.11 Å². The van der Waals surface area contributed by atoms with Crippen LogP contribution in [0.5, 0.6) is 0 Å². The van der Waals surface area contributed by atoms with Crippen molar-refractivity contribution in [1.29, 1.82) is 0 Å². The summed E-state index contributed by atoms with van der Waals surface area (Å²) >= 11 is 0. The first-order valence-corrected chi connectivity index (χ1v) is 4.41. The normalized spacial score (nSPS) is 14.3. The molecule has 0 saturated carbocycles. The Morgan fingerprint density at radius 1 is 1.67 bits per heavy atom. The van der Waals surface area contributed by atoms with Crippen LogP contribution in [0.1, 0.15) is 30.8 Å². The number of aromatic nitrogens is 3. The molecule has 1 aromatic heterocycles. The maximum Gasteiger partial charge on any atom is 0.329 e. The Morgan fingerprint density at radius 2 is 2.33 bits per heavy atom. The van der Waals surface area contributed by atoms with Gasteiger partial charge in [-0.1, -0.05) is 6.92 Å². The van der Waals surface area contributed by atoms with Crippen molar-refractivity contribution in [2.45, 2.75) is 25.8 Å². The molecule has 1 atom stereocenters. The molecule has 0 saturated heterocycles. The van der Waals surface area contributed by atoms with Crippen molar-refractivity contribution in [3.8, 4) is 0 Å². The van der Waals surface area contributed by atoms with Crippen LogP contribution < -0.4 is 5.32 Å². The maximum absolute atomic E-state index is 11.5. The number of nitrogens with one attached hydrogen (secondary N) is 2. The van der Waals surface area contributed by atoms with Crippen LogP contribution in [0.2, 0.25) is 0 Å². The van der Waals surface area contributed by atoms with Crippen LogP contribution in [0.3, 0.4) is 0 Å². The van der Waals surface area contributed by atoms with E-state index < -0.39 is 17.4 Å². The van der Waals surface area contributed by atoms with Crippen LogP contribution in [0.4, 0.5) is 0 Å². The van der Waals surface area contributed by atoms with Crippen molar-refractivity contribution in [3.05, 3.63) is 11.9 Å². The fourth-order valence-corrected chi connectivity index (χ4v) is 0.919. The molecule has 0 aliphatic carbocycles. The standard InChI is InChI=1S/C8H12N4O3/c1-3-8(2,7(14)15)10-6(13)5-4-9-12-11-5/h4H,3H2,1-2H3,(H,10,13)(H,14,15)(H,9,11,12). The first kappa shape index (κ1) is 11.2. The molecule has 1 aromatic rings. The Kier molecular flexibility index (Phi) is 3.03. The van der Waals surface area contributed by atoms with Gasteiger partial charge in [0.15, 0.2) is 5.69 Å². The molecular formula is C8H12N4O3. The molecule has 7 heteroatoms. The highest BCUT2D eigenvalue weighted by Gasteiger charge is 2.33. The fraction of sp³-hybridized carbons (Fsp3) is 0.500. The smallest absolute Gasteiger partial charge is 0.329 e. The Labute approximate surface area is 85.9 Å². The summed E-state index contributed by atoms with van der Waals surface area (Å²) in [4.78, 5) is 22.4. The number of rotatable bonds is 4. The van der Waals surface area contributed by atoms with Crippen molar-refractivity contribution in [2.75, 3.05) is 0 Å². The van der Waals surface area contributed by atoms with Crippen LogP contribution in [0.15, 0.2) is 6.20 Å². The van der Waals surface area contributed by atoms with Gasteiger partial charge in [0.05, 0.1) is 6.20 Å². The highest BCUT2D eigenvalue weighted by Crippen LogP contribution is 2.09. The highest BCUT2D eigenvalue weighted by atomic mass is 16.4. The van der Waals surface area contributed by atoms with E-state index in [1.165, 1.54) is 13.1 Å². The number of carbonyl (C=O) groups is 2. The van der Waals surface area contributed by atoms with Gasteiger partial charge in [0.1, 0.15) is 5.54 Å². The van der Waals surface area contributed by atoms with Crippen molar-refractivity contribution in [2.24, 2.45) is 0 Å². The minimum absolute atomic E-state index is 0.0657. The Balaban J connectivity index is 2.77. The Bertz CT molecular complexity index is 362. The zero-order chi connectivity index (χ0) is 11.5. The second-order valence-corrected chi connectivity index (χ2v) is 3.30. The summed E-state index contributed by atoms with van der Waals surface area (Å²) in [6.07, 6.45) is 1.51. The first-order chi connectivity index (χ1) is 6.99. The minimum Gasteiger partial charge on any atom is -0.480 e. The molecule has 1 amide bonds. The average molecular weight is 212 g/mol. The molecule has 7 nitrogen and oxygen atoms in total. The number of nitrogens with zero attached hydrogens (tertiary/aromatic N) is 2. The molecule has 15 heavy (non-hydrogen) atoms. The lowest BCUT2D eigenvalue weighted by Crippen LogP contribution is -2.51. The Morgan fingerprint density at radius 3 is 2.73 bits per heavy atom. The lowest BCUT2D eigenvalue weighted by atomic mass is 9.99. The van der Waals surface area contributed by atoms with Crippen LogP contribution in [0, 0.1) is 0 Å². The molecule has 0 radical (unpaired) electrons. The summed E-state index contributed by atoms with van der Waals surface area (Å²) in [5, 5.41) is 20.6. The quantitative estimate of drug-likeness (QED) is 0.639. The molecule has 0 aliphatic rings. The van der Waals surface area contributed by atoms with Gasteiger partial charge in [-0.2, -0.15) is 15.4 Å². The number of amides is 1. The van der Waals surface area contributed by atoms with Gasteiger partial charge in [-0.25, -0.2) is 4.79 Å². The third-order valence-electron chi connectivity index (χ3n) is 2.22. The van der Waals surface area contributed by atoms with Gasteiger partial charge in [0.25, 0.3) is 5.91 Å².